The minimum Gasteiger partial charge on any atom is -0.406 e. The lowest BCUT2D eigenvalue weighted by Gasteiger charge is -2.22. The normalized spacial score (nSPS) is 14.3. The second-order valence-corrected chi connectivity index (χ2v) is 11.3. The summed E-state index contributed by atoms with van der Waals surface area (Å²) in [4.78, 5) is 23.3. The van der Waals surface area contributed by atoms with E-state index in [0.29, 0.717) is 34.1 Å². The molecule has 1 aliphatic heterocycles. The predicted molar refractivity (Wildman–Crippen MR) is 170 cm³/mol. The van der Waals surface area contributed by atoms with Gasteiger partial charge in [0.05, 0.1) is 17.1 Å². The third kappa shape index (κ3) is 7.64. The Bertz CT molecular complexity index is 1670. The monoisotopic (exact) mass is 638 g/mol. The van der Waals surface area contributed by atoms with E-state index in [1.54, 1.807) is 4.90 Å². The first-order valence-electron chi connectivity index (χ1n) is 13.9. The van der Waals surface area contributed by atoms with Crippen LogP contribution in [0.1, 0.15) is 30.0 Å². The highest BCUT2D eigenvalue weighted by Crippen LogP contribution is 2.33. The number of anilines is 1. The van der Waals surface area contributed by atoms with E-state index in [1.165, 1.54) is 47.0 Å². The Hall–Kier alpha value is -4.23. The van der Waals surface area contributed by atoms with Crippen molar-refractivity contribution < 1.29 is 22.7 Å². The van der Waals surface area contributed by atoms with Gasteiger partial charge in [0.1, 0.15) is 12.1 Å². The number of aryl methyl sites for hydroxylation is 3. The Balaban J connectivity index is 1.13. The molecule has 1 amide bonds. The first-order valence-corrected chi connectivity index (χ1v) is 15.3. The van der Waals surface area contributed by atoms with Gasteiger partial charge in [0.2, 0.25) is 5.91 Å². The number of carbonyl (C=O) groups is 1. The van der Waals surface area contributed by atoms with Gasteiger partial charge in [-0.3, -0.25) is 9.69 Å². The number of halogens is 3. The van der Waals surface area contributed by atoms with Crippen molar-refractivity contribution in [3.8, 4) is 22.8 Å². The molecule has 8 nitrogen and oxygen atoms in total. The standard InChI is InChI=1S/C31H29F3N6O2S2/c1-3-22-8-4-6-20(2)27(22)40-26(41)18-44-30(40)37-29(43)35-17-5-7-21-9-11-23(12-10-21)28-36-19-39(38-28)24-13-15-25(16-14-24)42-31(32,33)34/h4,6,8-16,19H,3,5,7,17-18H2,1-2H3,(H,35,43)/b37-30-. The smallest absolute Gasteiger partial charge is 0.406 e. The molecule has 44 heavy (non-hydrogen) atoms. The molecule has 3 aromatic carbocycles. The second kappa shape index (κ2) is 13.6. The van der Waals surface area contributed by atoms with Crippen LogP contribution in [0.15, 0.2) is 78.0 Å². The minimum absolute atomic E-state index is 0.000390. The number of rotatable bonds is 9. The molecule has 2 heterocycles. The summed E-state index contributed by atoms with van der Waals surface area (Å²) in [5, 5.41) is 8.57. The van der Waals surface area contributed by atoms with Gasteiger partial charge < -0.3 is 10.1 Å². The molecule has 0 aliphatic carbocycles. The first-order chi connectivity index (χ1) is 21.1. The lowest BCUT2D eigenvalue weighted by atomic mass is 10.0. The fourth-order valence-corrected chi connectivity index (χ4v) is 5.85. The molecule has 228 valence electrons. The van der Waals surface area contributed by atoms with Gasteiger partial charge in [-0.25, -0.2) is 9.67 Å². The van der Waals surface area contributed by atoms with Crippen LogP contribution >= 0.6 is 24.0 Å². The summed E-state index contributed by atoms with van der Waals surface area (Å²) < 4.78 is 42.6. The zero-order valence-corrected chi connectivity index (χ0v) is 25.6. The second-order valence-electron chi connectivity index (χ2n) is 9.94. The van der Waals surface area contributed by atoms with Gasteiger partial charge in [-0.05, 0) is 79.4 Å². The van der Waals surface area contributed by atoms with E-state index >= 15 is 0 Å². The number of aromatic nitrogens is 3. The van der Waals surface area contributed by atoms with Gasteiger partial charge >= 0.3 is 6.36 Å². The summed E-state index contributed by atoms with van der Waals surface area (Å²) in [6.07, 6.45) is -0.803. The third-order valence-corrected chi connectivity index (χ3v) is 8.00. The molecule has 13 heteroatoms. The van der Waals surface area contributed by atoms with Crippen LogP contribution in [0.2, 0.25) is 0 Å². The van der Waals surface area contributed by atoms with E-state index in [-0.39, 0.29) is 11.7 Å². The Morgan fingerprint density at radius 3 is 2.57 bits per heavy atom. The molecular formula is C31H29F3N6O2S2. The maximum Gasteiger partial charge on any atom is 0.573 e. The molecule has 1 fully saturated rings. The van der Waals surface area contributed by atoms with E-state index in [2.05, 4.69) is 32.1 Å². The Morgan fingerprint density at radius 1 is 1.11 bits per heavy atom. The highest BCUT2D eigenvalue weighted by atomic mass is 32.2. The van der Waals surface area contributed by atoms with Crippen LogP contribution in [0.25, 0.3) is 17.1 Å². The molecule has 4 aromatic rings. The molecule has 0 spiro atoms. The summed E-state index contributed by atoms with van der Waals surface area (Å²) in [6.45, 7) is 4.69. The van der Waals surface area contributed by atoms with E-state index < -0.39 is 6.36 Å². The van der Waals surface area contributed by atoms with Crippen molar-refractivity contribution in [3.05, 3.63) is 89.7 Å². The number of amides is 1. The Labute approximate surface area is 262 Å². The molecule has 1 N–H and O–H groups in total. The number of amidine groups is 1. The highest BCUT2D eigenvalue weighted by molar-refractivity contribution is 8.15. The number of hydrogen-bond acceptors (Lipinski definition) is 6. The SMILES string of the molecule is CCc1cccc(C)c1N1C(=O)CS/C1=N\C(=S)NCCCc1ccc(-c2ncn(-c3ccc(OC(F)(F)F)cc3)n2)cc1. The number of thiocarbonyl (C=S) groups is 1. The molecule has 0 radical (unpaired) electrons. The average Bonchev–Trinajstić information content (AvgIpc) is 3.62. The maximum atomic E-state index is 12.8. The summed E-state index contributed by atoms with van der Waals surface area (Å²) in [7, 11) is 0. The summed E-state index contributed by atoms with van der Waals surface area (Å²) >= 11 is 6.87. The van der Waals surface area contributed by atoms with Crippen LogP contribution in [-0.4, -0.2) is 49.6 Å². The quantitative estimate of drug-likeness (QED) is 0.162. The largest absolute Gasteiger partial charge is 0.573 e. The van der Waals surface area contributed by atoms with Crippen LogP contribution < -0.4 is 15.0 Å². The van der Waals surface area contributed by atoms with E-state index in [9.17, 15) is 18.0 Å². The van der Waals surface area contributed by atoms with Gasteiger partial charge in [0.15, 0.2) is 16.1 Å². The van der Waals surface area contributed by atoms with Crippen LogP contribution in [0.5, 0.6) is 5.75 Å². The van der Waals surface area contributed by atoms with Crippen LogP contribution in [-0.2, 0) is 17.6 Å². The van der Waals surface area contributed by atoms with Gasteiger partial charge in [0.25, 0.3) is 0 Å². The zero-order chi connectivity index (χ0) is 31.3. The van der Waals surface area contributed by atoms with E-state index in [4.69, 9.17) is 12.2 Å². The molecule has 1 aliphatic rings. The summed E-state index contributed by atoms with van der Waals surface area (Å²) in [5.41, 5.74) is 5.50. The molecule has 0 saturated carbocycles. The number of thioether (sulfide) groups is 1. The lowest BCUT2D eigenvalue weighted by Crippen LogP contribution is -2.32. The Morgan fingerprint density at radius 2 is 1.86 bits per heavy atom. The third-order valence-electron chi connectivity index (χ3n) is 6.85. The van der Waals surface area contributed by atoms with Crippen LogP contribution in [0, 0.1) is 6.92 Å². The maximum absolute atomic E-state index is 12.8. The lowest BCUT2D eigenvalue weighted by molar-refractivity contribution is -0.274. The number of hydrogen-bond donors (Lipinski definition) is 1. The zero-order valence-electron chi connectivity index (χ0n) is 24.0. The van der Waals surface area contributed by atoms with Crippen molar-refractivity contribution in [3.63, 3.8) is 0 Å². The van der Waals surface area contributed by atoms with Crippen LogP contribution in [0.3, 0.4) is 0 Å². The molecule has 5 rings (SSSR count). The number of nitrogens with one attached hydrogen (secondary N) is 1. The number of aliphatic imine (C=N–C) groups is 1. The fourth-order valence-electron chi connectivity index (χ4n) is 4.74. The molecular weight excluding hydrogens is 610 g/mol. The van der Waals surface area contributed by atoms with Crippen LogP contribution in [0.4, 0.5) is 18.9 Å². The molecule has 0 atom stereocenters. The number of nitrogens with zero attached hydrogens (tertiary/aromatic N) is 5. The van der Waals surface area contributed by atoms with Crippen molar-refractivity contribution in [1.29, 1.82) is 0 Å². The average molecular weight is 639 g/mol. The summed E-state index contributed by atoms with van der Waals surface area (Å²) in [6, 6.07) is 19.3. The predicted octanol–water partition coefficient (Wildman–Crippen LogP) is 6.65. The van der Waals surface area contributed by atoms with Crippen molar-refractivity contribution in [1.82, 2.24) is 20.1 Å². The summed E-state index contributed by atoms with van der Waals surface area (Å²) in [5.74, 6) is 0.521. The van der Waals surface area contributed by atoms with Gasteiger partial charge in [-0.15, -0.1) is 18.3 Å². The van der Waals surface area contributed by atoms with Gasteiger partial charge in [0, 0.05) is 12.1 Å². The number of carbonyl (C=O) groups excluding carboxylic acids is 1. The van der Waals surface area contributed by atoms with Crippen molar-refractivity contribution >= 4 is 45.9 Å². The topological polar surface area (TPSA) is 84.6 Å². The molecule has 1 saturated heterocycles. The number of para-hydroxylation sites is 1. The van der Waals surface area contributed by atoms with Crippen molar-refractivity contribution in [2.45, 2.75) is 39.5 Å². The number of ether oxygens (including phenoxy) is 1. The fraction of sp³-hybridized carbons (Fsp3) is 0.258. The molecule has 0 bridgehead atoms. The Kier molecular flexibility index (Phi) is 9.64. The van der Waals surface area contributed by atoms with Crippen molar-refractivity contribution in [2.75, 3.05) is 17.2 Å². The first kappa shape index (κ1) is 31.2. The van der Waals surface area contributed by atoms with E-state index in [0.717, 1.165) is 47.2 Å². The van der Waals surface area contributed by atoms with E-state index in [1.807, 2.05) is 49.4 Å². The number of alkyl halides is 3. The highest BCUT2D eigenvalue weighted by Gasteiger charge is 2.32. The number of benzene rings is 3. The minimum atomic E-state index is -4.74. The van der Waals surface area contributed by atoms with Gasteiger partial charge in [-0.2, -0.15) is 4.99 Å². The van der Waals surface area contributed by atoms with Crippen molar-refractivity contribution in [2.24, 2.45) is 4.99 Å². The molecule has 1 aromatic heterocycles. The molecule has 0 unspecified atom stereocenters. The van der Waals surface area contributed by atoms with Gasteiger partial charge in [-0.1, -0.05) is 61.2 Å².